The highest BCUT2D eigenvalue weighted by molar-refractivity contribution is 7.80. The van der Waals surface area contributed by atoms with Gasteiger partial charge in [0.05, 0.1) is 16.7 Å². The minimum atomic E-state index is -1.58. The van der Waals surface area contributed by atoms with Gasteiger partial charge in [0.1, 0.15) is 5.60 Å². The van der Waals surface area contributed by atoms with Gasteiger partial charge in [-0.2, -0.15) is 0 Å². The smallest absolute Gasteiger partial charge is 0.256 e. The summed E-state index contributed by atoms with van der Waals surface area (Å²) in [5.41, 5.74) is -1.64. The second-order valence-corrected chi connectivity index (χ2v) is 6.85. The number of nitrogens with one attached hydrogen (secondary N) is 1. The van der Waals surface area contributed by atoms with Crippen LogP contribution in [-0.4, -0.2) is 45.5 Å². The van der Waals surface area contributed by atoms with Crippen LogP contribution in [0.2, 0.25) is 0 Å². The molecule has 5 nitrogen and oxygen atoms in total. The van der Waals surface area contributed by atoms with Gasteiger partial charge in [0, 0.05) is 20.0 Å². The van der Waals surface area contributed by atoms with E-state index in [1.165, 1.54) is 7.11 Å². The van der Waals surface area contributed by atoms with Crippen LogP contribution in [0.3, 0.4) is 0 Å². The Labute approximate surface area is 141 Å². The van der Waals surface area contributed by atoms with Crippen molar-refractivity contribution in [1.29, 1.82) is 0 Å². The molecular formula is C17H23NO4S. The Balaban J connectivity index is 1.98. The van der Waals surface area contributed by atoms with E-state index in [9.17, 15) is 15.0 Å². The predicted molar refractivity (Wildman–Crippen MR) is 91.1 cm³/mol. The zero-order valence-electron chi connectivity index (χ0n) is 13.4. The van der Waals surface area contributed by atoms with E-state index in [0.717, 1.165) is 5.56 Å². The third-order valence-corrected chi connectivity index (χ3v) is 4.68. The number of amides is 1. The Kier molecular flexibility index (Phi) is 5.52. The Hall–Kier alpha value is -1.34. The lowest BCUT2D eigenvalue weighted by Crippen LogP contribution is -2.58. The third-order valence-electron chi connectivity index (χ3n) is 4.43. The van der Waals surface area contributed by atoms with Crippen LogP contribution in [0.1, 0.15) is 31.7 Å². The van der Waals surface area contributed by atoms with Gasteiger partial charge in [0.25, 0.3) is 5.91 Å². The average Bonchev–Trinajstić information content (AvgIpc) is 2.50. The van der Waals surface area contributed by atoms with Crippen LogP contribution in [0.25, 0.3) is 0 Å². The van der Waals surface area contributed by atoms with Crippen LogP contribution < -0.4 is 5.32 Å². The van der Waals surface area contributed by atoms with E-state index < -0.39 is 23.2 Å². The van der Waals surface area contributed by atoms with Crippen LogP contribution in [0.4, 0.5) is 0 Å². The van der Waals surface area contributed by atoms with Gasteiger partial charge in [0.15, 0.2) is 0 Å². The zero-order valence-corrected chi connectivity index (χ0v) is 14.2. The number of benzene rings is 1. The molecule has 0 radical (unpaired) electrons. The van der Waals surface area contributed by atoms with Gasteiger partial charge in [-0.15, -0.1) is 0 Å². The van der Waals surface area contributed by atoms with Crippen LogP contribution in [0, 0.1) is 0 Å². The van der Waals surface area contributed by atoms with E-state index in [1.807, 2.05) is 30.3 Å². The largest absolute Gasteiger partial charge is 0.387 e. The Morgan fingerprint density at radius 3 is 2.61 bits per heavy atom. The number of carbonyl (C=O) groups is 1. The molecule has 2 rings (SSSR count). The number of hydrogen-bond acceptors (Lipinski definition) is 5. The first-order valence-corrected chi connectivity index (χ1v) is 8.03. The van der Waals surface area contributed by atoms with E-state index in [4.69, 9.17) is 17.0 Å². The second kappa shape index (κ2) is 7.05. The summed E-state index contributed by atoms with van der Waals surface area (Å²) in [7, 11) is 1.46. The zero-order chi connectivity index (χ0) is 17.1. The van der Waals surface area contributed by atoms with Crippen LogP contribution >= 0.6 is 12.2 Å². The Bertz CT molecular complexity index is 575. The van der Waals surface area contributed by atoms with E-state index in [0.29, 0.717) is 11.4 Å². The van der Waals surface area contributed by atoms with Crippen LogP contribution in [0.5, 0.6) is 0 Å². The maximum Gasteiger partial charge on any atom is 0.256 e. The molecule has 0 spiro atoms. The molecule has 126 valence electrons. The summed E-state index contributed by atoms with van der Waals surface area (Å²) in [6.07, 6.45) is 0.315. The number of aliphatic hydroxyl groups is 2. The molecule has 0 bridgehead atoms. The minimum absolute atomic E-state index is 0.0380. The molecule has 23 heavy (non-hydrogen) atoms. The quantitative estimate of drug-likeness (QED) is 0.723. The van der Waals surface area contributed by atoms with Gasteiger partial charge in [-0.25, -0.2) is 0 Å². The van der Waals surface area contributed by atoms with Crippen molar-refractivity contribution in [3.8, 4) is 0 Å². The van der Waals surface area contributed by atoms with Crippen molar-refractivity contribution in [2.75, 3.05) is 7.11 Å². The minimum Gasteiger partial charge on any atom is -0.387 e. The molecule has 1 aromatic carbocycles. The predicted octanol–water partition coefficient (Wildman–Crippen LogP) is 1.35. The maximum absolute atomic E-state index is 12.4. The Morgan fingerprint density at radius 1 is 1.35 bits per heavy atom. The Morgan fingerprint density at radius 2 is 2.00 bits per heavy atom. The van der Waals surface area contributed by atoms with Gasteiger partial charge >= 0.3 is 0 Å². The third kappa shape index (κ3) is 4.35. The first kappa shape index (κ1) is 18.0. The standard InChI is InChI=1S/C17H23NO4S/c1-16(20)8-9-17(21,11-13(16)22-2)15(19)18-14(23)10-12-6-4-3-5-7-12/h3-7,13,20-21H,8-11H2,1-2H3,(H,18,19,23). The summed E-state index contributed by atoms with van der Waals surface area (Å²) < 4.78 is 5.23. The summed E-state index contributed by atoms with van der Waals surface area (Å²) in [5, 5.41) is 23.5. The monoisotopic (exact) mass is 337 g/mol. The second-order valence-electron chi connectivity index (χ2n) is 6.36. The molecule has 0 aliphatic heterocycles. The first-order valence-electron chi connectivity index (χ1n) is 7.62. The van der Waals surface area contributed by atoms with E-state index >= 15 is 0 Å². The van der Waals surface area contributed by atoms with Crippen molar-refractivity contribution in [2.45, 2.75) is 49.9 Å². The molecule has 0 heterocycles. The fraction of sp³-hybridized carbons (Fsp3) is 0.529. The normalized spacial score (nSPS) is 30.7. The van der Waals surface area contributed by atoms with Gasteiger partial charge < -0.3 is 20.3 Å². The molecule has 1 aliphatic rings. The van der Waals surface area contributed by atoms with Crippen LogP contribution in [-0.2, 0) is 16.0 Å². The molecule has 1 amide bonds. The summed E-state index contributed by atoms with van der Waals surface area (Å²) in [6.45, 7) is 1.65. The molecule has 3 unspecified atom stereocenters. The van der Waals surface area contributed by atoms with Crippen molar-refractivity contribution in [1.82, 2.24) is 5.32 Å². The maximum atomic E-state index is 12.4. The van der Waals surface area contributed by atoms with Gasteiger partial charge in [-0.1, -0.05) is 42.5 Å². The number of rotatable bonds is 4. The topological polar surface area (TPSA) is 78.8 Å². The summed E-state index contributed by atoms with van der Waals surface area (Å²) in [4.78, 5) is 12.8. The fourth-order valence-corrected chi connectivity index (χ4v) is 3.12. The molecule has 1 aromatic rings. The van der Waals surface area contributed by atoms with E-state index in [1.54, 1.807) is 6.92 Å². The molecule has 1 fully saturated rings. The number of carbonyl (C=O) groups excluding carboxylic acids is 1. The summed E-state index contributed by atoms with van der Waals surface area (Å²) in [6, 6.07) is 9.56. The fourth-order valence-electron chi connectivity index (χ4n) is 2.86. The molecule has 1 saturated carbocycles. The molecule has 6 heteroatoms. The molecule has 3 atom stereocenters. The van der Waals surface area contributed by atoms with Gasteiger partial charge in [-0.05, 0) is 25.3 Å². The summed E-state index contributed by atoms with van der Waals surface area (Å²) in [5.74, 6) is -0.531. The van der Waals surface area contributed by atoms with E-state index in [-0.39, 0.29) is 19.3 Å². The number of methoxy groups -OCH3 is 1. The van der Waals surface area contributed by atoms with Crippen LogP contribution in [0.15, 0.2) is 30.3 Å². The number of thiocarbonyl (C=S) groups is 1. The molecule has 3 N–H and O–H groups in total. The van der Waals surface area contributed by atoms with E-state index in [2.05, 4.69) is 5.32 Å². The first-order chi connectivity index (χ1) is 10.8. The lowest BCUT2D eigenvalue weighted by atomic mass is 9.74. The lowest BCUT2D eigenvalue weighted by Gasteiger charge is -2.43. The molecule has 0 aromatic heterocycles. The molecule has 1 aliphatic carbocycles. The van der Waals surface area contributed by atoms with Crippen molar-refractivity contribution >= 4 is 23.1 Å². The highest BCUT2D eigenvalue weighted by atomic mass is 32.1. The highest BCUT2D eigenvalue weighted by Crippen LogP contribution is 2.36. The van der Waals surface area contributed by atoms with Crippen molar-refractivity contribution < 1.29 is 19.7 Å². The van der Waals surface area contributed by atoms with Gasteiger partial charge in [0.2, 0.25) is 0 Å². The van der Waals surface area contributed by atoms with Gasteiger partial charge in [-0.3, -0.25) is 4.79 Å². The lowest BCUT2D eigenvalue weighted by molar-refractivity contribution is -0.172. The highest BCUT2D eigenvalue weighted by Gasteiger charge is 2.49. The van der Waals surface area contributed by atoms with Crippen molar-refractivity contribution in [3.63, 3.8) is 0 Å². The molecule has 0 saturated heterocycles. The van der Waals surface area contributed by atoms with Crippen molar-refractivity contribution in [3.05, 3.63) is 35.9 Å². The average molecular weight is 337 g/mol. The molecular weight excluding hydrogens is 314 g/mol. The van der Waals surface area contributed by atoms with Crippen molar-refractivity contribution in [2.24, 2.45) is 0 Å². The summed E-state index contributed by atoms with van der Waals surface area (Å²) >= 11 is 5.21. The number of ether oxygens (including phenoxy) is 1. The SMILES string of the molecule is COC1CC(O)(C(=O)NC(=S)Cc2ccccc2)CCC1(C)O. The number of hydrogen-bond donors (Lipinski definition) is 3.